The summed E-state index contributed by atoms with van der Waals surface area (Å²) in [6, 6.07) is 0.248. The van der Waals surface area contributed by atoms with E-state index < -0.39 is 0 Å². The molecule has 0 aromatic rings. The average Bonchev–Trinajstić information content (AvgIpc) is 2.52. The Morgan fingerprint density at radius 3 is 2.77 bits per heavy atom. The van der Waals surface area contributed by atoms with Crippen LogP contribution >= 0.6 is 0 Å². The molecular formula is C9H19NO3. The van der Waals surface area contributed by atoms with Gasteiger partial charge in [-0.05, 0) is 19.3 Å². The lowest BCUT2D eigenvalue weighted by Gasteiger charge is -2.15. The van der Waals surface area contributed by atoms with E-state index >= 15 is 0 Å². The molecule has 0 bridgehead atoms. The Balaban J connectivity index is 1.93. The summed E-state index contributed by atoms with van der Waals surface area (Å²) in [4.78, 5) is 0. The third-order valence-corrected chi connectivity index (χ3v) is 2.37. The van der Waals surface area contributed by atoms with Crippen LogP contribution in [0.4, 0.5) is 0 Å². The smallest absolute Gasteiger partial charge is 0.0698 e. The van der Waals surface area contributed by atoms with Gasteiger partial charge in [-0.1, -0.05) is 0 Å². The van der Waals surface area contributed by atoms with E-state index in [-0.39, 0.29) is 18.8 Å². The van der Waals surface area contributed by atoms with Crippen LogP contribution in [0.25, 0.3) is 0 Å². The number of hydrogen-bond donors (Lipinski definition) is 3. The Kier molecular flexibility index (Phi) is 5.31. The van der Waals surface area contributed by atoms with Gasteiger partial charge in [0, 0.05) is 12.6 Å². The number of aliphatic hydroxyl groups is 2. The highest BCUT2D eigenvalue weighted by Crippen LogP contribution is 2.18. The monoisotopic (exact) mass is 189 g/mol. The van der Waals surface area contributed by atoms with Crippen molar-refractivity contribution in [2.75, 3.05) is 26.4 Å². The Morgan fingerprint density at radius 1 is 1.31 bits per heavy atom. The Hall–Kier alpha value is -0.160. The first-order valence-electron chi connectivity index (χ1n) is 4.94. The third kappa shape index (κ3) is 4.04. The Morgan fingerprint density at radius 2 is 2.15 bits per heavy atom. The summed E-state index contributed by atoms with van der Waals surface area (Å²) >= 11 is 0. The van der Waals surface area contributed by atoms with E-state index in [4.69, 9.17) is 9.84 Å². The van der Waals surface area contributed by atoms with Gasteiger partial charge in [0.1, 0.15) is 0 Å². The van der Waals surface area contributed by atoms with Crippen LogP contribution in [0.15, 0.2) is 0 Å². The lowest BCUT2D eigenvalue weighted by molar-refractivity contribution is 0.0871. The summed E-state index contributed by atoms with van der Waals surface area (Å²) in [5, 5.41) is 21.1. The zero-order valence-corrected chi connectivity index (χ0v) is 7.91. The topological polar surface area (TPSA) is 61.7 Å². The molecule has 0 amide bonds. The van der Waals surface area contributed by atoms with Crippen molar-refractivity contribution in [2.45, 2.75) is 31.4 Å². The maximum atomic E-state index is 9.45. The fraction of sp³-hybridized carbons (Fsp3) is 1.00. The molecule has 3 N–H and O–H groups in total. The Labute approximate surface area is 78.9 Å². The number of rotatable bonds is 6. The van der Waals surface area contributed by atoms with Crippen molar-refractivity contribution < 1.29 is 14.9 Å². The van der Waals surface area contributed by atoms with E-state index in [2.05, 4.69) is 5.32 Å². The highest BCUT2D eigenvalue weighted by molar-refractivity contribution is 4.82. The molecule has 0 spiro atoms. The van der Waals surface area contributed by atoms with Crippen molar-refractivity contribution >= 4 is 0 Å². The predicted molar refractivity (Wildman–Crippen MR) is 49.6 cm³/mol. The molecular weight excluding hydrogens is 170 g/mol. The third-order valence-electron chi connectivity index (χ3n) is 2.37. The standard InChI is InChI=1S/C9H19NO3/c11-5-7-13-6-4-10-8-2-1-3-9(8)12/h8-12H,1-7H2/t8-,9-/m1/s1. The SMILES string of the molecule is OCCOCCN[C@@H]1CCC[C@H]1O. The van der Waals surface area contributed by atoms with Crippen LogP contribution in [0.5, 0.6) is 0 Å². The van der Waals surface area contributed by atoms with Crippen molar-refractivity contribution in [1.82, 2.24) is 5.32 Å². The minimum absolute atomic E-state index is 0.0754. The lowest BCUT2D eigenvalue weighted by Crippen LogP contribution is -2.37. The van der Waals surface area contributed by atoms with Crippen molar-refractivity contribution in [1.29, 1.82) is 0 Å². The number of nitrogens with one attached hydrogen (secondary N) is 1. The molecule has 1 rings (SSSR count). The second-order valence-corrected chi connectivity index (χ2v) is 3.39. The molecule has 1 aliphatic carbocycles. The van der Waals surface area contributed by atoms with Gasteiger partial charge < -0.3 is 20.3 Å². The van der Waals surface area contributed by atoms with Gasteiger partial charge in [0.15, 0.2) is 0 Å². The maximum Gasteiger partial charge on any atom is 0.0698 e. The van der Waals surface area contributed by atoms with Gasteiger partial charge in [-0.15, -0.1) is 0 Å². The van der Waals surface area contributed by atoms with Gasteiger partial charge in [0.25, 0.3) is 0 Å². The molecule has 1 aliphatic rings. The van der Waals surface area contributed by atoms with E-state index in [1.165, 1.54) is 0 Å². The molecule has 2 atom stereocenters. The summed E-state index contributed by atoms with van der Waals surface area (Å²) < 4.78 is 5.08. The van der Waals surface area contributed by atoms with E-state index in [1.807, 2.05) is 0 Å². The first kappa shape index (κ1) is 10.9. The van der Waals surface area contributed by atoms with Crippen LogP contribution in [0.3, 0.4) is 0 Å². The molecule has 0 aromatic heterocycles. The summed E-state index contributed by atoms with van der Waals surface area (Å²) in [7, 11) is 0. The molecule has 0 radical (unpaired) electrons. The van der Waals surface area contributed by atoms with Crippen molar-refractivity contribution in [3.8, 4) is 0 Å². The summed E-state index contributed by atoms with van der Waals surface area (Å²) in [6.45, 7) is 1.83. The maximum absolute atomic E-state index is 9.45. The van der Waals surface area contributed by atoms with Crippen molar-refractivity contribution in [3.05, 3.63) is 0 Å². The van der Waals surface area contributed by atoms with E-state index in [9.17, 15) is 5.11 Å². The molecule has 1 fully saturated rings. The minimum atomic E-state index is -0.183. The normalized spacial score (nSPS) is 28.2. The van der Waals surface area contributed by atoms with E-state index in [1.54, 1.807) is 0 Å². The van der Waals surface area contributed by atoms with Crippen LogP contribution in [0, 0.1) is 0 Å². The van der Waals surface area contributed by atoms with E-state index in [0.717, 1.165) is 25.8 Å². The molecule has 1 saturated carbocycles. The molecule has 4 nitrogen and oxygen atoms in total. The molecule has 0 unspecified atom stereocenters. The zero-order valence-electron chi connectivity index (χ0n) is 7.91. The molecule has 0 heterocycles. The summed E-state index contributed by atoms with van der Waals surface area (Å²) in [6.07, 6.45) is 2.89. The van der Waals surface area contributed by atoms with Crippen LogP contribution in [-0.4, -0.2) is 48.7 Å². The first-order valence-corrected chi connectivity index (χ1v) is 4.94. The fourth-order valence-electron chi connectivity index (χ4n) is 1.66. The highest BCUT2D eigenvalue weighted by atomic mass is 16.5. The highest BCUT2D eigenvalue weighted by Gasteiger charge is 2.23. The number of hydrogen-bond acceptors (Lipinski definition) is 4. The van der Waals surface area contributed by atoms with Crippen LogP contribution in [0.2, 0.25) is 0 Å². The van der Waals surface area contributed by atoms with Gasteiger partial charge in [-0.25, -0.2) is 0 Å². The fourth-order valence-corrected chi connectivity index (χ4v) is 1.66. The van der Waals surface area contributed by atoms with Gasteiger partial charge in [0.05, 0.1) is 25.9 Å². The van der Waals surface area contributed by atoms with E-state index in [0.29, 0.717) is 13.2 Å². The Bertz CT molecular complexity index is 132. The average molecular weight is 189 g/mol. The van der Waals surface area contributed by atoms with Gasteiger partial charge in [-0.3, -0.25) is 0 Å². The molecule has 13 heavy (non-hydrogen) atoms. The largest absolute Gasteiger partial charge is 0.394 e. The lowest BCUT2D eigenvalue weighted by atomic mass is 10.2. The van der Waals surface area contributed by atoms with Crippen LogP contribution < -0.4 is 5.32 Å². The van der Waals surface area contributed by atoms with Crippen molar-refractivity contribution in [2.24, 2.45) is 0 Å². The minimum Gasteiger partial charge on any atom is -0.394 e. The first-order chi connectivity index (χ1) is 6.34. The summed E-state index contributed by atoms with van der Waals surface area (Å²) in [5.74, 6) is 0. The molecule has 0 aliphatic heterocycles. The van der Waals surface area contributed by atoms with Gasteiger partial charge in [-0.2, -0.15) is 0 Å². The number of aliphatic hydroxyl groups excluding tert-OH is 2. The molecule has 0 aromatic carbocycles. The predicted octanol–water partition coefficient (Wildman–Crippen LogP) is -0.502. The van der Waals surface area contributed by atoms with Crippen molar-refractivity contribution in [3.63, 3.8) is 0 Å². The van der Waals surface area contributed by atoms with Crippen LogP contribution in [0.1, 0.15) is 19.3 Å². The second-order valence-electron chi connectivity index (χ2n) is 3.39. The quantitative estimate of drug-likeness (QED) is 0.493. The van der Waals surface area contributed by atoms with Gasteiger partial charge >= 0.3 is 0 Å². The van der Waals surface area contributed by atoms with Gasteiger partial charge in [0.2, 0.25) is 0 Å². The number of ether oxygens (including phenoxy) is 1. The second kappa shape index (κ2) is 6.32. The van der Waals surface area contributed by atoms with Crippen LogP contribution in [-0.2, 0) is 4.74 Å². The zero-order chi connectivity index (χ0) is 9.52. The molecule has 0 saturated heterocycles. The molecule has 4 heteroatoms. The summed E-state index contributed by atoms with van der Waals surface area (Å²) in [5.41, 5.74) is 0. The molecule has 78 valence electrons.